The van der Waals surface area contributed by atoms with E-state index in [1.165, 1.54) is 0 Å². The number of nitrogens with one attached hydrogen (secondary N) is 1. The maximum atomic E-state index is 12.3. The third-order valence-electron chi connectivity index (χ3n) is 4.52. The molecule has 0 aromatic heterocycles. The van der Waals surface area contributed by atoms with Crippen LogP contribution in [0.5, 0.6) is 5.75 Å². The number of anilines is 1. The van der Waals surface area contributed by atoms with E-state index in [0.717, 1.165) is 46.7 Å². The first-order valence-electron chi connectivity index (χ1n) is 9.88. The first-order valence-corrected chi connectivity index (χ1v) is 11.7. The molecule has 0 radical (unpaired) electrons. The molecule has 1 N–H and O–H groups in total. The molecule has 0 aliphatic heterocycles. The van der Waals surface area contributed by atoms with Gasteiger partial charge in [-0.3, -0.25) is 9.10 Å². The van der Waals surface area contributed by atoms with E-state index in [-0.39, 0.29) is 12.5 Å². The molecule has 0 fully saturated rings. The van der Waals surface area contributed by atoms with E-state index in [9.17, 15) is 13.2 Å². The Balaban J connectivity index is 1.85. The van der Waals surface area contributed by atoms with Crippen LogP contribution in [0.15, 0.2) is 48.5 Å². The summed E-state index contributed by atoms with van der Waals surface area (Å²) in [7, 11) is -3.55. The number of amides is 1. The molecule has 0 saturated heterocycles. The Morgan fingerprint density at radius 2 is 1.62 bits per heavy atom. The topological polar surface area (TPSA) is 75.7 Å². The molecular formula is C22H30N2O4S. The van der Waals surface area contributed by atoms with Crippen molar-refractivity contribution in [1.29, 1.82) is 0 Å². The first kappa shape index (κ1) is 22.7. The molecule has 2 rings (SSSR count). The van der Waals surface area contributed by atoms with E-state index in [2.05, 4.69) is 5.32 Å². The van der Waals surface area contributed by atoms with Crippen molar-refractivity contribution in [3.63, 3.8) is 0 Å². The number of nitrogens with zero attached hydrogens (tertiary/aromatic N) is 1. The molecule has 1 amide bonds. The van der Waals surface area contributed by atoms with Crippen LogP contribution in [0.1, 0.15) is 31.4 Å². The second kappa shape index (κ2) is 10.9. The average molecular weight is 419 g/mol. The van der Waals surface area contributed by atoms with E-state index in [1.807, 2.05) is 50.2 Å². The van der Waals surface area contributed by atoms with Crippen molar-refractivity contribution in [3.8, 4) is 5.75 Å². The number of hydrogen-bond donors (Lipinski definition) is 1. The van der Waals surface area contributed by atoms with Crippen molar-refractivity contribution in [1.82, 2.24) is 5.32 Å². The quantitative estimate of drug-likeness (QED) is 0.569. The summed E-state index contributed by atoms with van der Waals surface area (Å²) in [6.07, 6.45) is 3.57. The van der Waals surface area contributed by atoms with Gasteiger partial charge >= 0.3 is 0 Å². The molecule has 0 saturated carbocycles. The normalized spacial score (nSPS) is 11.1. The predicted octanol–water partition coefficient (Wildman–Crippen LogP) is 3.16. The number of sulfonamides is 1. The molecule has 0 aliphatic rings. The molecule has 0 spiro atoms. The molecule has 158 valence electrons. The third kappa shape index (κ3) is 7.42. The maximum Gasteiger partial charge on any atom is 0.240 e. The van der Waals surface area contributed by atoms with Gasteiger partial charge in [0.2, 0.25) is 15.9 Å². The summed E-state index contributed by atoms with van der Waals surface area (Å²) < 4.78 is 30.8. The zero-order valence-corrected chi connectivity index (χ0v) is 18.2. The highest BCUT2D eigenvalue weighted by atomic mass is 32.2. The van der Waals surface area contributed by atoms with Crippen LogP contribution < -0.4 is 14.4 Å². The SMILES string of the molecule is CCOc1ccc(CCCNC(=O)CN(c2ccc(CC)cc2)S(C)(=O)=O)cc1. The number of carbonyl (C=O) groups excluding carboxylic acids is 1. The van der Waals surface area contributed by atoms with Crippen molar-refractivity contribution < 1.29 is 17.9 Å². The Hall–Kier alpha value is -2.54. The van der Waals surface area contributed by atoms with Crippen LogP contribution in [0, 0.1) is 0 Å². The second-order valence-electron chi connectivity index (χ2n) is 6.82. The summed E-state index contributed by atoms with van der Waals surface area (Å²) in [5, 5.41) is 2.81. The van der Waals surface area contributed by atoms with Gasteiger partial charge in [0.25, 0.3) is 0 Å². The highest BCUT2D eigenvalue weighted by Gasteiger charge is 2.20. The van der Waals surface area contributed by atoms with Gasteiger partial charge < -0.3 is 10.1 Å². The molecule has 0 aliphatic carbocycles. The van der Waals surface area contributed by atoms with E-state index in [1.54, 1.807) is 12.1 Å². The minimum Gasteiger partial charge on any atom is -0.494 e. The molecule has 6 nitrogen and oxygen atoms in total. The van der Waals surface area contributed by atoms with Gasteiger partial charge in [0.1, 0.15) is 12.3 Å². The molecule has 7 heteroatoms. The molecule has 2 aromatic carbocycles. The van der Waals surface area contributed by atoms with Gasteiger partial charge in [0.05, 0.1) is 18.6 Å². The van der Waals surface area contributed by atoms with Gasteiger partial charge in [-0.25, -0.2) is 8.42 Å². The van der Waals surface area contributed by atoms with Crippen molar-refractivity contribution in [3.05, 3.63) is 59.7 Å². The summed E-state index contributed by atoms with van der Waals surface area (Å²) in [6.45, 7) is 4.87. The predicted molar refractivity (Wildman–Crippen MR) is 117 cm³/mol. The zero-order valence-electron chi connectivity index (χ0n) is 17.3. The standard InChI is InChI=1S/C22H30N2O4S/c1-4-18-8-12-20(13-9-18)24(29(3,26)27)17-22(25)23-16-6-7-19-10-14-21(15-11-19)28-5-2/h8-15H,4-7,16-17H2,1-3H3,(H,23,25). The highest BCUT2D eigenvalue weighted by molar-refractivity contribution is 7.92. The van der Waals surface area contributed by atoms with Gasteiger partial charge in [0, 0.05) is 6.54 Å². The zero-order chi connectivity index (χ0) is 21.3. The lowest BCUT2D eigenvalue weighted by Crippen LogP contribution is -2.40. The molecular weight excluding hydrogens is 388 g/mol. The molecule has 0 atom stereocenters. The van der Waals surface area contributed by atoms with Crippen molar-refractivity contribution in [2.24, 2.45) is 0 Å². The Morgan fingerprint density at radius 3 is 2.17 bits per heavy atom. The van der Waals surface area contributed by atoms with Gasteiger partial charge in [-0.15, -0.1) is 0 Å². The lowest BCUT2D eigenvalue weighted by Gasteiger charge is -2.22. The lowest BCUT2D eigenvalue weighted by molar-refractivity contribution is -0.119. The number of benzene rings is 2. The van der Waals surface area contributed by atoms with Crippen LogP contribution in [-0.4, -0.2) is 40.3 Å². The third-order valence-corrected chi connectivity index (χ3v) is 5.66. The fraction of sp³-hybridized carbons (Fsp3) is 0.409. The number of carbonyl (C=O) groups is 1. The van der Waals surface area contributed by atoms with Crippen LogP contribution in [0.3, 0.4) is 0 Å². The maximum absolute atomic E-state index is 12.3. The molecule has 0 bridgehead atoms. The van der Waals surface area contributed by atoms with E-state index >= 15 is 0 Å². The van der Waals surface area contributed by atoms with Crippen LogP contribution in [-0.2, 0) is 27.7 Å². The first-order chi connectivity index (χ1) is 13.8. The Morgan fingerprint density at radius 1 is 1.00 bits per heavy atom. The van der Waals surface area contributed by atoms with Crippen LogP contribution in [0.4, 0.5) is 5.69 Å². The average Bonchev–Trinajstić information content (AvgIpc) is 2.70. The number of hydrogen-bond acceptors (Lipinski definition) is 4. The fourth-order valence-electron chi connectivity index (χ4n) is 2.92. The van der Waals surface area contributed by atoms with Crippen LogP contribution in [0.2, 0.25) is 0 Å². The van der Waals surface area contributed by atoms with E-state index < -0.39 is 10.0 Å². The van der Waals surface area contributed by atoms with Gasteiger partial charge in [0.15, 0.2) is 0 Å². The van der Waals surface area contributed by atoms with Crippen molar-refractivity contribution in [2.45, 2.75) is 33.1 Å². The summed E-state index contributed by atoms with van der Waals surface area (Å²) in [5.74, 6) is 0.527. The Labute approximate surface area is 173 Å². The summed E-state index contributed by atoms with van der Waals surface area (Å²) in [6, 6.07) is 15.1. The molecule has 0 unspecified atom stereocenters. The van der Waals surface area contributed by atoms with Gasteiger partial charge in [-0.1, -0.05) is 31.2 Å². The van der Waals surface area contributed by atoms with Crippen LogP contribution >= 0.6 is 0 Å². The Bertz CT molecular complexity index is 878. The fourth-order valence-corrected chi connectivity index (χ4v) is 3.78. The molecule has 29 heavy (non-hydrogen) atoms. The van der Waals surface area contributed by atoms with E-state index in [0.29, 0.717) is 18.8 Å². The van der Waals surface area contributed by atoms with Crippen molar-refractivity contribution >= 4 is 21.6 Å². The lowest BCUT2D eigenvalue weighted by atomic mass is 10.1. The minimum atomic E-state index is -3.55. The smallest absolute Gasteiger partial charge is 0.240 e. The molecule has 2 aromatic rings. The summed E-state index contributed by atoms with van der Waals surface area (Å²) in [4.78, 5) is 12.3. The summed E-state index contributed by atoms with van der Waals surface area (Å²) >= 11 is 0. The molecule has 0 heterocycles. The number of aryl methyl sites for hydroxylation is 2. The van der Waals surface area contributed by atoms with E-state index in [4.69, 9.17) is 4.74 Å². The van der Waals surface area contributed by atoms with Gasteiger partial charge in [-0.2, -0.15) is 0 Å². The Kier molecular flexibility index (Phi) is 8.51. The van der Waals surface area contributed by atoms with Crippen molar-refractivity contribution in [2.75, 3.05) is 30.3 Å². The highest BCUT2D eigenvalue weighted by Crippen LogP contribution is 2.18. The monoisotopic (exact) mass is 418 g/mol. The largest absolute Gasteiger partial charge is 0.494 e. The van der Waals surface area contributed by atoms with Gasteiger partial charge in [-0.05, 0) is 61.6 Å². The number of ether oxygens (including phenoxy) is 1. The number of rotatable bonds is 11. The second-order valence-corrected chi connectivity index (χ2v) is 8.73. The summed E-state index contributed by atoms with van der Waals surface area (Å²) in [5.41, 5.74) is 2.77. The minimum absolute atomic E-state index is 0.229. The van der Waals surface area contributed by atoms with Crippen LogP contribution in [0.25, 0.3) is 0 Å².